The van der Waals surface area contributed by atoms with Gasteiger partial charge in [0.25, 0.3) is 0 Å². The Morgan fingerprint density at radius 2 is 2.00 bits per heavy atom. The summed E-state index contributed by atoms with van der Waals surface area (Å²) in [6.07, 6.45) is 0. The molecule has 0 aliphatic carbocycles. The number of halogens is 1. The van der Waals surface area contributed by atoms with Crippen molar-refractivity contribution < 1.29 is 14.3 Å². The molecular weight excluding hydrogens is 206 g/mol. The number of carbonyl (C=O) groups excluding carboxylic acids is 2. The molecule has 0 bridgehead atoms. The highest BCUT2D eigenvalue weighted by atomic mass is 35.5. The molecule has 1 atom stereocenters. The number of nitrogens with one attached hydrogen (secondary N) is 1. The average molecular weight is 222 g/mol. The number of alkyl halides is 1. The van der Waals surface area contributed by atoms with Gasteiger partial charge in [0.15, 0.2) is 0 Å². The van der Waals surface area contributed by atoms with Crippen LogP contribution < -0.4 is 5.32 Å². The zero-order valence-electron chi connectivity index (χ0n) is 8.89. The van der Waals surface area contributed by atoms with Crippen LogP contribution in [0.15, 0.2) is 0 Å². The molecule has 0 aromatic rings. The fourth-order valence-electron chi connectivity index (χ4n) is 0.966. The van der Waals surface area contributed by atoms with Crippen LogP contribution in [0.1, 0.15) is 20.8 Å². The number of esters is 1. The second-order valence-electron chi connectivity index (χ2n) is 3.53. The van der Waals surface area contributed by atoms with Crippen molar-refractivity contribution in [3.05, 3.63) is 0 Å². The highest BCUT2D eigenvalue weighted by molar-refractivity contribution is 6.27. The first-order valence-corrected chi connectivity index (χ1v) is 4.87. The van der Waals surface area contributed by atoms with Gasteiger partial charge in [-0.2, -0.15) is 0 Å². The topological polar surface area (TPSA) is 55.4 Å². The minimum Gasteiger partial charge on any atom is -0.467 e. The van der Waals surface area contributed by atoms with E-state index in [-0.39, 0.29) is 17.7 Å². The summed E-state index contributed by atoms with van der Waals surface area (Å²) in [7, 11) is 1.29. The SMILES string of the molecule is COC(=O)[C@@](C)(NC(=O)CCl)C(C)C. The molecule has 0 spiro atoms. The second kappa shape index (κ2) is 5.20. The first kappa shape index (κ1) is 13.2. The van der Waals surface area contributed by atoms with Gasteiger partial charge in [-0.15, -0.1) is 11.6 Å². The summed E-state index contributed by atoms with van der Waals surface area (Å²) < 4.78 is 4.63. The molecule has 0 aliphatic rings. The molecule has 0 saturated heterocycles. The van der Waals surface area contributed by atoms with E-state index in [0.29, 0.717) is 0 Å². The molecule has 0 heterocycles. The lowest BCUT2D eigenvalue weighted by Gasteiger charge is -2.31. The number of hydrogen-bond acceptors (Lipinski definition) is 3. The van der Waals surface area contributed by atoms with E-state index >= 15 is 0 Å². The highest BCUT2D eigenvalue weighted by Gasteiger charge is 2.38. The third kappa shape index (κ3) is 2.87. The van der Waals surface area contributed by atoms with Crippen molar-refractivity contribution in [3.63, 3.8) is 0 Å². The van der Waals surface area contributed by atoms with Crippen molar-refractivity contribution in [3.8, 4) is 0 Å². The van der Waals surface area contributed by atoms with Gasteiger partial charge in [0.1, 0.15) is 11.4 Å². The Balaban J connectivity index is 4.73. The molecule has 1 N–H and O–H groups in total. The predicted octanol–water partition coefficient (Wildman–Crippen LogP) is 0.929. The van der Waals surface area contributed by atoms with E-state index in [1.54, 1.807) is 6.92 Å². The number of rotatable bonds is 4. The Kier molecular flexibility index (Phi) is 4.91. The van der Waals surface area contributed by atoms with Crippen LogP contribution in [0.5, 0.6) is 0 Å². The second-order valence-corrected chi connectivity index (χ2v) is 3.80. The van der Waals surface area contributed by atoms with Gasteiger partial charge in [0, 0.05) is 0 Å². The minimum atomic E-state index is -1.01. The molecule has 0 aromatic carbocycles. The Bertz CT molecular complexity index is 230. The van der Waals surface area contributed by atoms with Crippen LogP contribution in [0.25, 0.3) is 0 Å². The maximum absolute atomic E-state index is 11.4. The monoisotopic (exact) mass is 221 g/mol. The van der Waals surface area contributed by atoms with E-state index in [1.165, 1.54) is 7.11 Å². The zero-order chi connectivity index (χ0) is 11.4. The normalized spacial score (nSPS) is 14.7. The molecule has 0 rings (SSSR count). The summed E-state index contributed by atoms with van der Waals surface area (Å²) >= 11 is 5.35. The van der Waals surface area contributed by atoms with Gasteiger partial charge in [0.05, 0.1) is 7.11 Å². The van der Waals surface area contributed by atoms with Crippen LogP contribution in [-0.2, 0) is 14.3 Å². The molecule has 0 aromatic heterocycles. The van der Waals surface area contributed by atoms with Crippen molar-refractivity contribution in [2.24, 2.45) is 5.92 Å². The van der Waals surface area contributed by atoms with Gasteiger partial charge in [-0.3, -0.25) is 4.79 Å². The predicted molar refractivity (Wildman–Crippen MR) is 54.1 cm³/mol. The maximum Gasteiger partial charge on any atom is 0.331 e. The average Bonchev–Trinajstić information content (AvgIpc) is 2.15. The molecule has 5 heteroatoms. The zero-order valence-corrected chi connectivity index (χ0v) is 9.64. The quantitative estimate of drug-likeness (QED) is 0.568. The van der Waals surface area contributed by atoms with Crippen molar-refractivity contribution in [2.75, 3.05) is 13.0 Å². The molecular formula is C9H16ClNO3. The number of amides is 1. The van der Waals surface area contributed by atoms with Crippen LogP contribution in [0, 0.1) is 5.92 Å². The molecule has 0 radical (unpaired) electrons. The van der Waals surface area contributed by atoms with Crippen LogP contribution in [0.4, 0.5) is 0 Å². The number of ether oxygens (including phenoxy) is 1. The van der Waals surface area contributed by atoms with E-state index < -0.39 is 11.5 Å². The van der Waals surface area contributed by atoms with Gasteiger partial charge >= 0.3 is 5.97 Å². The molecule has 0 saturated carbocycles. The summed E-state index contributed by atoms with van der Waals surface area (Å²) in [5.74, 6) is -1.08. The molecule has 0 fully saturated rings. The largest absolute Gasteiger partial charge is 0.467 e. The summed E-state index contributed by atoms with van der Waals surface area (Å²) in [6, 6.07) is 0. The lowest BCUT2D eigenvalue weighted by Crippen LogP contribution is -2.56. The van der Waals surface area contributed by atoms with E-state index in [9.17, 15) is 9.59 Å². The van der Waals surface area contributed by atoms with Crippen molar-refractivity contribution in [1.82, 2.24) is 5.32 Å². The molecule has 1 amide bonds. The molecule has 14 heavy (non-hydrogen) atoms. The summed E-state index contributed by atoms with van der Waals surface area (Å²) in [4.78, 5) is 22.5. The van der Waals surface area contributed by atoms with Crippen molar-refractivity contribution in [1.29, 1.82) is 0 Å². The van der Waals surface area contributed by atoms with Crippen LogP contribution >= 0.6 is 11.6 Å². The van der Waals surface area contributed by atoms with Gasteiger partial charge in [-0.25, -0.2) is 4.79 Å². The first-order chi connectivity index (χ1) is 6.38. The Morgan fingerprint density at radius 1 is 1.50 bits per heavy atom. The summed E-state index contributed by atoms with van der Waals surface area (Å²) in [5.41, 5.74) is -1.01. The Morgan fingerprint density at radius 3 is 2.29 bits per heavy atom. The van der Waals surface area contributed by atoms with Crippen LogP contribution in [-0.4, -0.2) is 30.4 Å². The number of carbonyl (C=O) groups is 2. The van der Waals surface area contributed by atoms with E-state index in [0.717, 1.165) is 0 Å². The summed E-state index contributed by atoms with van der Waals surface area (Å²) in [5, 5.41) is 2.55. The smallest absolute Gasteiger partial charge is 0.331 e. The fraction of sp³-hybridized carbons (Fsp3) is 0.778. The molecule has 0 unspecified atom stereocenters. The van der Waals surface area contributed by atoms with Gasteiger partial charge in [-0.1, -0.05) is 13.8 Å². The Labute approximate surface area is 88.9 Å². The third-order valence-corrected chi connectivity index (χ3v) is 2.53. The fourth-order valence-corrected chi connectivity index (χ4v) is 1.03. The standard InChI is InChI=1S/C9H16ClNO3/c1-6(2)9(3,8(13)14-4)11-7(12)5-10/h6H,5H2,1-4H3,(H,11,12)/t9-/m0/s1. The molecule has 4 nitrogen and oxygen atoms in total. The molecule has 82 valence electrons. The molecule has 0 aliphatic heterocycles. The third-order valence-electron chi connectivity index (χ3n) is 2.28. The van der Waals surface area contributed by atoms with Gasteiger partial charge in [-0.05, 0) is 12.8 Å². The minimum absolute atomic E-state index is 0.0675. The summed E-state index contributed by atoms with van der Waals surface area (Å²) in [6.45, 7) is 5.27. The Hall–Kier alpha value is -0.770. The highest BCUT2D eigenvalue weighted by Crippen LogP contribution is 2.18. The lowest BCUT2D eigenvalue weighted by molar-refractivity contribution is -0.152. The van der Waals surface area contributed by atoms with Gasteiger partial charge < -0.3 is 10.1 Å². The number of methoxy groups -OCH3 is 1. The van der Waals surface area contributed by atoms with E-state index in [2.05, 4.69) is 10.1 Å². The van der Waals surface area contributed by atoms with Gasteiger partial charge in [0.2, 0.25) is 5.91 Å². The number of hydrogen-bond donors (Lipinski definition) is 1. The maximum atomic E-state index is 11.4. The van der Waals surface area contributed by atoms with E-state index in [4.69, 9.17) is 11.6 Å². The van der Waals surface area contributed by atoms with E-state index in [1.807, 2.05) is 13.8 Å². The van der Waals surface area contributed by atoms with Crippen molar-refractivity contribution in [2.45, 2.75) is 26.3 Å². The van der Waals surface area contributed by atoms with Crippen LogP contribution in [0.3, 0.4) is 0 Å². The van der Waals surface area contributed by atoms with Crippen LogP contribution in [0.2, 0.25) is 0 Å². The first-order valence-electron chi connectivity index (χ1n) is 4.33. The lowest BCUT2D eigenvalue weighted by atomic mass is 9.88. The van der Waals surface area contributed by atoms with Crippen molar-refractivity contribution >= 4 is 23.5 Å².